The van der Waals surface area contributed by atoms with E-state index in [0.29, 0.717) is 6.42 Å². The molecular weight excluding hydrogens is 172 g/mol. The van der Waals surface area contributed by atoms with Gasteiger partial charge in [-0.05, 0) is 0 Å². The molecule has 0 spiro atoms. The maximum absolute atomic E-state index is 11.0. The fraction of sp³-hybridized carbons (Fsp3) is 0.625. The second-order valence-corrected chi connectivity index (χ2v) is 4.01. The summed E-state index contributed by atoms with van der Waals surface area (Å²) in [5.74, 6) is 1.03. The number of nitrogens with zero attached hydrogens (tertiary/aromatic N) is 1. The molecule has 1 amide bonds. The lowest BCUT2D eigenvalue weighted by Crippen LogP contribution is -2.23. The van der Waals surface area contributed by atoms with Gasteiger partial charge in [-0.1, -0.05) is 6.58 Å². The fourth-order valence-corrected chi connectivity index (χ4v) is 2.28. The Labute approximate surface area is 77.2 Å². The van der Waals surface area contributed by atoms with E-state index < -0.39 is 0 Å². The van der Waals surface area contributed by atoms with Gasteiger partial charge >= 0.3 is 0 Å². The van der Waals surface area contributed by atoms with Gasteiger partial charge in [-0.15, -0.1) is 11.8 Å². The van der Waals surface area contributed by atoms with Crippen molar-refractivity contribution >= 4 is 17.7 Å². The molecule has 1 atom stereocenters. The lowest BCUT2D eigenvalue weighted by molar-refractivity contribution is -0.120. The van der Waals surface area contributed by atoms with Crippen LogP contribution in [0.2, 0.25) is 0 Å². The van der Waals surface area contributed by atoms with Crippen molar-refractivity contribution in [1.29, 1.82) is 0 Å². The Balaban J connectivity index is 2.44. The molecule has 4 heteroatoms. The number of hydrogen-bond donors (Lipinski definition) is 1. The smallest absolute Gasteiger partial charge is 0.221 e. The molecule has 1 N–H and O–H groups in total. The molecule has 0 aromatic rings. The number of hydrogen-bond acceptors (Lipinski definition) is 3. The minimum atomic E-state index is 0.0870. The van der Waals surface area contributed by atoms with E-state index in [1.807, 2.05) is 7.05 Å². The summed E-state index contributed by atoms with van der Waals surface area (Å²) in [5, 5.41) is 2.89. The molecule has 1 aliphatic rings. The molecule has 0 bridgehead atoms. The Morgan fingerprint density at radius 1 is 1.92 bits per heavy atom. The highest BCUT2D eigenvalue weighted by molar-refractivity contribution is 8.00. The molecule has 1 rings (SSSR count). The number of nitrogens with one attached hydrogen (secondary N) is 1. The van der Waals surface area contributed by atoms with E-state index in [1.165, 1.54) is 0 Å². The first-order valence-electron chi connectivity index (χ1n) is 3.87. The SMILES string of the molecule is C=C1C(CC(=O)NC)SCN1C. The Kier molecular flexibility index (Phi) is 3.03. The standard InChI is InChI=1S/C8H14N2OS/c1-6-7(4-8(11)9-2)12-5-10(6)3/h7H,1,4-5H2,2-3H3,(H,9,11). The van der Waals surface area contributed by atoms with Crippen LogP contribution in [-0.4, -0.2) is 36.0 Å². The van der Waals surface area contributed by atoms with E-state index in [0.717, 1.165) is 11.6 Å². The van der Waals surface area contributed by atoms with Crippen molar-refractivity contribution in [3.63, 3.8) is 0 Å². The Morgan fingerprint density at radius 3 is 3.00 bits per heavy atom. The lowest BCUT2D eigenvalue weighted by atomic mass is 10.2. The van der Waals surface area contributed by atoms with E-state index in [1.54, 1.807) is 18.8 Å². The molecule has 68 valence electrons. The van der Waals surface area contributed by atoms with Crippen LogP contribution in [0.1, 0.15) is 6.42 Å². The number of amides is 1. The first-order valence-corrected chi connectivity index (χ1v) is 4.92. The van der Waals surface area contributed by atoms with Gasteiger partial charge in [-0.2, -0.15) is 0 Å². The average Bonchev–Trinajstić information content (AvgIpc) is 2.36. The van der Waals surface area contributed by atoms with Gasteiger partial charge in [-0.3, -0.25) is 4.79 Å². The van der Waals surface area contributed by atoms with Crippen molar-refractivity contribution in [3.05, 3.63) is 12.3 Å². The molecule has 1 fully saturated rings. The Morgan fingerprint density at radius 2 is 2.58 bits per heavy atom. The molecule has 0 radical (unpaired) electrons. The molecule has 12 heavy (non-hydrogen) atoms. The van der Waals surface area contributed by atoms with Gasteiger partial charge in [0.1, 0.15) is 0 Å². The summed E-state index contributed by atoms with van der Waals surface area (Å²) in [6.45, 7) is 3.93. The van der Waals surface area contributed by atoms with Gasteiger partial charge in [0, 0.05) is 26.2 Å². The highest BCUT2D eigenvalue weighted by Crippen LogP contribution is 2.31. The summed E-state index contributed by atoms with van der Waals surface area (Å²) in [5.41, 5.74) is 1.06. The van der Waals surface area contributed by atoms with Crippen LogP contribution in [0.15, 0.2) is 12.3 Å². The average molecular weight is 186 g/mol. The van der Waals surface area contributed by atoms with Crippen molar-refractivity contribution in [1.82, 2.24) is 10.2 Å². The summed E-state index contributed by atoms with van der Waals surface area (Å²) in [4.78, 5) is 13.1. The normalized spacial score (nSPS) is 23.0. The Bertz CT molecular complexity index is 205. The molecular formula is C8H14N2OS. The minimum absolute atomic E-state index is 0.0870. The molecule has 1 aliphatic heterocycles. The fourth-order valence-electron chi connectivity index (χ4n) is 1.07. The molecule has 1 heterocycles. The van der Waals surface area contributed by atoms with Crippen LogP contribution in [0.4, 0.5) is 0 Å². The van der Waals surface area contributed by atoms with Gasteiger partial charge in [0.15, 0.2) is 0 Å². The molecule has 0 aromatic heterocycles. The topological polar surface area (TPSA) is 32.3 Å². The van der Waals surface area contributed by atoms with Crippen LogP contribution in [0.3, 0.4) is 0 Å². The van der Waals surface area contributed by atoms with Crippen molar-refractivity contribution in [2.45, 2.75) is 11.7 Å². The van der Waals surface area contributed by atoms with E-state index >= 15 is 0 Å². The van der Waals surface area contributed by atoms with E-state index in [9.17, 15) is 4.79 Å². The predicted molar refractivity (Wildman–Crippen MR) is 51.8 cm³/mol. The number of rotatable bonds is 2. The van der Waals surface area contributed by atoms with Crippen LogP contribution in [0.25, 0.3) is 0 Å². The summed E-state index contributed by atoms with van der Waals surface area (Å²) in [7, 11) is 3.66. The summed E-state index contributed by atoms with van der Waals surface area (Å²) in [6, 6.07) is 0. The van der Waals surface area contributed by atoms with Crippen LogP contribution >= 0.6 is 11.8 Å². The first kappa shape index (κ1) is 9.45. The summed E-state index contributed by atoms with van der Waals surface area (Å²) >= 11 is 1.77. The van der Waals surface area contributed by atoms with Gasteiger partial charge < -0.3 is 10.2 Å². The molecule has 1 unspecified atom stereocenters. The van der Waals surface area contributed by atoms with E-state index in [4.69, 9.17) is 0 Å². The van der Waals surface area contributed by atoms with Crippen LogP contribution in [0.5, 0.6) is 0 Å². The van der Waals surface area contributed by atoms with Crippen molar-refractivity contribution in [2.75, 3.05) is 20.0 Å². The van der Waals surface area contributed by atoms with Gasteiger partial charge in [-0.25, -0.2) is 0 Å². The minimum Gasteiger partial charge on any atom is -0.368 e. The summed E-state index contributed by atoms with van der Waals surface area (Å²) < 4.78 is 0. The second-order valence-electron chi connectivity index (χ2n) is 2.85. The molecule has 0 aliphatic carbocycles. The van der Waals surface area contributed by atoms with Crippen LogP contribution < -0.4 is 5.32 Å². The maximum atomic E-state index is 11.0. The van der Waals surface area contributed by atoms with E-state index in [-0.39, 0.29) is 11.2 Å². The number of thioether (sulfide) groups is 1. The van der Waals surface area contributed by atoms with Gasteiger partial charge in [0.25, 0.3) is 0 Å². The predicted octanol–water partition coefficient (Wildman–Crippen LogP) is 0.641. The van der Waals surface area contributed by atoms with E-state index in [2.05, 4.69) is 16.8 Å². The lowest BCUT2D eigenvalue weighted by Gasteiger charge is -2.13. The van der Waals surface area contributed by atoms with Gasteiger partial charge in [0.05, 0.1) is 11.1 Å². The van der Waals surface area contributed by atoms with Crippen molar-refractivity contribution in [2.24, 2.45) is 0 Å². The number of carbonyl (C=O) groups is 1. The summed E-state index contributed by atoms with van der Waals surface area (Å²) in [6.07, 6.45) is 0.546. The highest BCUT2D eigenvalue weighted by atomic mass is 32.2. The monoisotopic (exact) mass is 186 g/mol. The zero-order valence-corrected chi connectivity index (χ0v) is 8.28. The molecule has 3 nitrogen and oxygen atoms in total. The zero-order chi connectivity index (χ0) is 9.14. The highest BCUT2D eigenvalue weighted by Gasteiger charge is 2.25. The molecule has 1 saturated heterocycles. The molecule has 0 saturated carbocycles. The number of carbonyl (C=O) groups excluding carboxylic acids is 1. The van der Waals surface area contributed by atoms with Crippen LogP contribution in [0, 0.1) is 0 Å². The van der Waals surface area contributed by atoms with Gasteiger partial charge in [0.2, 0.25) is 5.91 Å². The second kappa shape index (κ2) is 3.85. The zero-order valence-electron chi connectivity index (χ0n) is 7.46. The third-order valence-electron chi connectivity index (χ3n) is 1.98. The quantitative estimate of drug-likeness (QED) is 0.687. The maximum Gasteiger partial charge on any atom is 0.221 e. The van der Waals surface area contributed by atoms with Crippen LogP contribution in [-0.2, 0) is 4.79 Å². The third kappa shape index (κ3) is 1.94. The first-order chi connectivity index (χ1) is 5.65. The third-order valence-corrected chi connectivity index (χ3v) is 3.36. The van der Waals surface area contributed by atoms with Crippen molar-refractivity contribution < 1.29 is 4.79 Å². The Hall–Kier alpha value is -0.640. The van der Waals surface area contributed by atoms with Crippen molar-refractivity contribution in [3.8, 4) is 0 Å². The molecule has 0 aromatic carbocycles. The largest absolute Gasteiger partial charge is 0.368 e.